The van der Waals surface area contributed by atoms with Gasteiger partial charge in [-0.25, -0.2) is 19.9 Å². The molecule has 4 heterocycles. The van der Waals surface area contributed by atoms with E-state index in [0.717, 1.165) is 68.5 Å². The molecule has 0 bridgehead atoms. The van der Waals surface area contributed by atoms with Crippen LogP contribution in [0.2, 0.25) is 0 Å². The fourth-order valence-electron chi connectivity index (χ4n) is 4.90. The van der Waals surface area contributed by atoms with E-state index in [0.29, 0.717) is 18.4 Å². The summed E-state index contributed by atoms with van der Waals surface area (Å²) >= 11 is 0. The molecule has 1 unspecified atom stereocenters. The number of piperazine rings is 1. The van der Waals surface area contributed by atoms with Gasteiger partial charge in [-0.15, -0.1) is 0 Å². The second-order valence-corrected chi connectivity index (χ2v) is 9.70. The number of aromatic nitrogens is 5. The Labute approximate surface area is 222 Å². The van der Waals surface area contributed by atoms with Gasteiger partial charge in [0.25, 0.3) is 0 Å². The lowest BCUT2D eigenvalue weighted by atomic mass is 10.1. The average molecular weight is 510 g/mol. The summed E-state index contributed by atoms with van der Waals surface area (Å²) in [5.74, 6) is 1.93. The first-order chi connectivity index (χ1) is 18.7. The summed E-state index contributed by atoms with van der Waals surface area (Å²) in [7, 11) is 0. The highest BCUT2D eigenvalue weighted by atomic mass is 16.3. The predicted molar refractivity (Wildman–Crippen MR) is 148 cm³/mol. The van der Waals surface area contributed by atoms with Gasteiger partial charge in [-0.1, -0.05) is 30.3 Å². The second kappa shape index (κ2) is 11.0. The predicted octanol–water partition coefficient (Wildman–Crippen LogP) is 2.89. The summed E-state index contributed by atoms with van der Waals surface area (Å²) in [5.41, 5.74) is 4.37. The number of β-amino-alcohol motifs (C(OH)–C–C–N with tert-alkyl or cyclic N) is 1. The molecule has 2 aliphatic heterocycles. The van der Waals surface area contributed by atoms with E-state index in [1.807, 2.05) is 30.6 Å². The Morgan fingerprint density at radius 2 is 1.45 bits per heavy atom. The minimum absolute atomic E-state index is 0.240. The molecule has 194 valence electrons. The van der Waals surface area contributed by atoms with Gasteiger partial charge in [0.2, 0.25) is 17.8 Å². The van der Waals surface area contributed by atoms with Gasteiger partial charge in [0.05, 0.1) is 6.10 Å². The highest BCUT2D eigenvalue weighted by molar-refractivity contribution is 5.60. The lowest BCUT2D eigenvalue weighted by Gasteiger charge is -2.34. The minimum atomic E-state index is -0.240. The first-order valence-corrected chi connectivity index (χ1v) is 13.0. The first kappa shape index (κ1) is 24.1. The van der Waals surface area contributed by atoms with Gasteiger partial charge in [0.15, 0.2) is 0 Å². The lowest BCUT2D eigenvalue weighted by molar-refractivity contribution is 0.198. The molecule has 0 saturated carbocycles. The Morgan fingerprint density at radius 1 is 0.737 bits per heavy atom. The van der Waals surface area contributed by atoms with Crippen LogP contribution in [0.25, 0.3) is 0 Å². The number of hydrogen-bond acceptors (Lipinski definition) is 10. The number of aliphatic hydroxyl groups excluding tert-OH is 1. The summed E-state index contributed by atoms with van der Waals surface area (Å²) in [6, 6.07) is 18.5. The van der Waals surface area contributed by atoms with E-state index in [9.17, 15) is 5.11 Å². The van der Waals surface area contributed by atoms with E-state index in [-0.39, 0.29) is 6.10 Å². The van der Waals surface area contributed by atoms with Gasteiger partial charge < -0.3 is 25.1 Å². The van der Waals surface area contributed by atoms with Gasteiger partial charge in [0.1, 0.15) is 6.33 Å². The molecule has 10 heteroatoms. The standard InChI is InChI=1S/C28H31N9O/c38-25-10-11-37(19-25)24-8-6-23(7-9-24)33-26-31-20-32-28(34-26)36-14-12-35(13-15-36)27-29-17-22(18-30-27)16-21-4-2-1-3-5-21/h1-9,17-18,20,25,38H,10-16,19H2,(H,31,32,33,34). The molecule has 2 aromatic carbocycles. The molecule has 0 aliphatic carbocycles. The van der Waals surface area contributed by atoms with Crippen LogP contribution >= 0.6 is 0 Å². The zero-order valence-corrected chi connectivity index (χ0v) is 21.2. The van der Waals surface area contributed by atoms with Crippen LogP contribution in [0.4, 0.5) is 29.2 Å². The van der Waals surface area contributed by atoms with Crippen LogP contribution in [-0.2, 0) is 6.42 Å². The number of aliphatic hydroxyl groups is 1. The molecule has 38 heavy (non-hydrogen) atoms. The Hall–Kier alpha value is -4.31. The molecule has 2 N–H and O–H groups in total. The molecule has 2 aromatic heterocycles. The van der Waals surface area contributed by atoms with Gasteiger partial charge >= 0.3 is 0 Å². The van der Waals surface area contributed by atoms with Crippen molar-refractivity contribution in [3.8, 4) is 0 Å². The number of hydrogen-bond donors (Lipinski definition) is 2. The second-order valence-electron chi connectivity index (χ2n) is 9.70. The quantitative estimate of drug-likeness (QED) is 0.386. The fourth-order valence-corrected chi connectivity index (χ4v) is 4.90. The third-order valence-corrected chi connectivity index (χ3v) is 7.00. The minimum Gasteiger partial charge on any atom is -0.391 e. The molecule has 2 fully saturated rings. The number of benzene rings is 2. The SMILES string of the molecule is OC1CCN(c2ccc(Nc3ncnc(N4CCN(c5ncc(Cc6ccccc6)cn5)CC4)n3)cc2)C1. The number of rotatable bonds is 7. The van der Waals surface area contributed by atoms with Gasteiger partial charge in [-0.2, -0.15) is 4.98 Å². The summed E-state index contributed by atoms with van der Waals surface area (Å²) < 4.78 is 0. The third kappa shape index (κ3) is 5.65. The summed E-state index contributed by atoms with van der Waals surface area (Å²) in [5, 5.41) is 13.1. The highest BCUT2D eigenvalue weighted by Gasteiger charge is 2.22. The molecule has 0 radical (unpaired) electrons. The van der Waals surface area contributed by atoms with Crippen LogP contribution in [0, 0.1) is 0 Å². The van der Waals surface area contributed by atoms with Crippen LogP contribution in [0.1, 0.15) is 17.5 Å². The van der Waals surface area contributed by atoms with Crippen molar-refractivity contribution in [1.82, 2.24) is 24.9 Å². The molecular weight excluding hydrogens is 478 g/mol. The topological polar surface area (TPSA) is 106 Å². The first-order valence-electron chi connectivity index (χ1n) is 13.0. The molecule has 6 rings (SSSR count). The van der Waals surface area contributed by atoms with E-state index >= 15 is 0 Å². The van der Waals surface area contributed by atoms with Crippen LogP contribution in [-0.4, -0.2) is 75.4 Å². The van der Waals surface area contributed by atoms with Crippen molar-refractivity contribution in [3.05, 3.63) is 84.4 Å². The number of anilines is 5. The molecule has 0 spiro atoms. The summed E-state index contributed by atoms with van der Waals surface area (Å²) in [6.07, 6.45) is 6.80. The van der Waals surface area contributed by atoms with Crippen LogP contribution in [0.3, 0.4) is 0 Å². The van der Waals surface area contributed by atoms with E-state index in [4.69, 9.17) is 0 Å². The van der Waals surface area contributed by atoms with Crippen LogP contribution in [0.15, 0.2) is 73.3 Å². The van der Waals surface area contributed by atoms with Crippen molar-refractivity contribution >= 4 is 29.2 Å². The van der Waals surface area contributed by atoms with Gasteiger partial charge in [-0.05, 0) is 41.8 Å². The van der Waals surface area contributed by atoms with Gasteiger partial charge in [-0.3, -0.25) is 0 Å². The Morgan fingerprint density at radius 3 is 2.13 bits per heavy atom. The maximum atomic E-state index is 9.78. The molecule has 0 amide bonds. The molecule has 10 nitrogen and oxygen atoms in total. The van der Waals surface area contributed by atoms with Crippen molar-refractivity contribution in [1.29, 1.82) is 0 Å². The molecule has 2 saturated heterocycles. The van der Waals surface area contributed by atoms with E-state index in [1.165, 1.54) is 5.56 Å². The maximum absolute atomic E-state index is 9.78. The fraction of sp³-hybridized carbons (Fsp3) is 0.321. The zero-order valence-electron chi connectivity index (χ0n) is 21.2. The Balaban J connectivity index is 1.03. The van der Waals surface area contributed by atoms with Crippen LogP contribution < -0.4 is 20.0 Å². The molecule has 4 aromatic rings. The van der Waals surface area contributed by atoms with Crippen molar-refractivity contribution in [2.24, 2.45) is 0 Å². The number of nitrogens with one attached hydrogen (secondary N) is 1. The molecule has 2 aliphatic rings. The van der Waals surface area contributed by atoms with E-state index < -0.39 is 0 Å². The number of nitrogens with zero attached hydrogens (tertiary/aromatic N) is 8. The van der Waals surface area contributed by atoms with Gasteiger partial charge in [0, 0.05) is 69.5 Å². The summed E-state index contributed by atoms with van der Waals surface area (Å²) in [6.45, 7) is 4.69. The maximum Gasteiger partial charge on any atom is 0.231 e. The van der Waals surface area contributed by atoms with Crippen molar-refractivity contribution < 1.29 is 5.11 Å². The van der Waals surface area contributed by atoms with E-state index in [1.54, 1.807) is 6.33 Å². The Kier molecular flexibility index (Phi) is 6.95. The van der Waals surface area contributed by atoms with Crippen molar-refractivity contribution in [2.45, 2.75) is 18.9 Å². The largest absolute Gasteiger partial charge is 0.391 e. The molecular formula is C28H31N9O. The molecule has 1 atom stereocenters. The lowest BCUT2D eigenvalue weighted by Crippen LogP contribution is -2.47. The highest BCUT2D eigenvalue weighted by Crippen LogP contribution is 2.24. The third-order valence-electron chi connectivity index (χ3n) is 7.00. The smallest absolute Gasteiger partial charge is 0.231 e. The van der Waals surface area contributed by atoms with E-state index in [2.05, 4.69) is 81.3 Å². The average Bonchev–Trinajstić information content (AvgIpc) is 3.41. The normalized spacial score (nSPS) is 17.6. The van der Waals surface area contributed by atoms with Crippen molar-refractivity contribution in [2.75, 3.05) is 59.3 Å². The summed E-state index contributed by atoms with van der Waals surface area (Å²) in [4.78, 5) is 29.2. The van der Waals surface area contributed by atoms with Crippen molar-refractivity contribution in [3.63, 3.8) is 0 Å². The Bertz CT molecular complexity index is 1330. The zero-order chi connectivity index (χ0) is 25.7. The monoisotopic (exact) mass is 509 g/mol. The van der Waals surface area contributed by atoms with Crippen LogP contribution in [0.5, 0.6) is 0 Å².